The van der Waals surface area contributed by atoms with Gasteiger partial charge in [0.1, 0.15) is 0 Å². The molecule has 0 unspecified atom stereocenters. The van der Waals surface area contributed by atoms with Crippen molar-refractivity contribution in [2.45, 2.75) is 6.92 Å². The van der Waals surface area contributed by atoms with Crippen molar-refractivity contribution in [1.82, 2.24) is 9.99 Å². The molecule has 0 amide bonds. The molecule has 0 aliphatic heterocycles. The van der Waals surface area contributed by atoms with Crippen LogP contribution in [-0.2, 0) is 7.05 Å². The first-order valence-electron chi connectivity index (χ1n) is 6.04. The molecule has 0 radical (unpaired) electrons. The van der Waals surface area contributed by atoms with Gasteiger partial charge < -0.3 is 9.88 Å². The number of hydrogen-bond acceptors (Lipinski definition) is 2. The van der Waals surface area contributed by atoms with Crippen LogP contribution in [-0.4, -0.2) is 15.9 Å². The van der Waals surface area contributed by atoms with Gasteiger partial charge in [-0.2, -0.15) is 5.10 Å². The Morgan fingerprint density at radius 2 is 2.15 bits per heavy atom. The first-order valence-corrected chi connectivity index (χ1v) is 6.83. The Morgan fingerprint density at radius 1 is 1.35 bits per heavy atom. The van der Waals surface area contributed by atoms with E-state index in [4.69, 9.17) is 23.8 Å². The maximum atomic E-state index is 6.05. The molecule has 2 rings (SSSR count). The summed E-state index contributed by atoms with van der Waals surface area (Å²) in [6.07, 6.45) is 3.66. The fourth-order valence-corrected chi connectivity index (χ4v) is 2.00. The van der Waals surface area contributed by atoms with Crippen LogP contribution < -0.4 is 10.7 Å². The molecule has 104 valence electrons. The van der Waals surface area contributed by atoms with Crippen LogP contribution in [0, 0.1) is 6.92 Å². The highest BCUT2D eigenvalue weighted by Gasteiger charge is 2.03. The number of aromatic nitrogens is 1. The molecule has 20 heavy (non-hydrogen) atoms. The summed E-state index contributed by atoms with van der Waals surface area (Å²) in [6.45, 7) is 1.93. The van der Waals surface area contributed by atoms with Crippen molar-refractivity contribution in [3.63, 3.8) is 0 Å². The zero-order valence-corrected chi connectivity index (χ0v) is 12.8. The van der Waals surface area contributed by atoms with Crippen LogP contribution in [0.3, 0.4) is 0 Å². The lowest BCUT2D eigenvalue weighted by Crippen LogP contribution is -2.24. The maximum absolute atomic E-state index is 6.05. The molecule has 1 heterocycles. The van der Waals surface area contributed by atoms with E-state index in [0.29, 0.717) is 10.1 Å². The molecule has 0 aliphatic carbocycles. The van der Waals surface area contributed by atoms with E-state index in [0.717, 1.165) is 16.9 Å². The van der Waals surface area contributed by atoms with Crippen molar-refractivity contribution >= 4 is 40.8 Å². The second-order valence-corrected chi connectivity index (χ2v) is 5.10. The summed E-state index contributed by atoms with van der Waals surface area (Å²) < 4.78 is 1.96. The highest BCUT2D eigenvalue weighted by molar-refractivity contribution is 7.80. The summed E-state index contributed by atoms with van der Waals surface area (Å²) in [7, 11) is 1.95. The molecule has 2 N–H and O–H groups in total. The Kier molecular flexibility index (Phi) is 4.76. The van der Waals surface area contributed by atoms with Crippen LogP contribution in [0.4, 0.5) is 5.69 Å². The maximum Gasteiger partial charge on any atom is 0.191 e. The summed E-state index contributed by atoms with van der Waals surface area (Å²) in [5.41, 5.74) is 5.58. The molecule has 6 heteroatoms. The van der Waals surface area contributed by atoms with Gasteiger partial charge >= 0.3 is 0 Å². The lowest BCUT2D eigenvalue weighted by Gasteiger charge is -2.10. The first-order chi connectivity index (χ1) is 9.58. The van der Waals surface area contributed by atoms with E-state index in [1.54, 1.807) is 6.21 Å². The number of aryl methyl sites for hydroxylation is 1. The molecular weight excluding hydrogens is 292 g/mol. The molecule has 2 aromatic rings. The van der Waals surface area contributed by atoms with E-state index >= 15 is 0 Å². The van der Waals surface area contributed by atoms with Gasteiger partial charge in [0.25, 0.3) is 0 Å². The van der Waals surface area contributed by atoms with Crippen molar-refractivity contribution in [1.29, 1.82) is 0 Å². The van der Waals surface area contributed by atoms with Crippen molar-refractivity contribution in [3.8, 4) is 0 Å². The Morgan fingerprint density at radius 3 is 2.85 bits per heavy atom. The van der Waals surface area contributed by atoms with Gasteiger partial charge in [0.05, 0.1) is 11.9 Å². The van der Waals surface area contributed by atoms with E-state index < -0.39 is 0 Å². The SMILES string of the molecule is Cc1c(Cl)cccc1NC(=S)N/N=C/c1cccn1C. The predicted molar refractivity (Wildman–Crippen MR) is 88.6 cm³/mol. The number of halogens is 1. The monoisotopic (exact) mass is 306 g/mol. The predicted octanol–water partition coefficient (Wildman–Crippen LogP) is 3.31. The lowest BCUT2D eigenvalue weighted by molar-refractivity contribution is 0.914. The highest BCUT2D eigenvalue weighted by Crippen LogP contribution is 2.22. The number of nitrogens with zero attached hydrogens (tertiary/aromatic N) is 2. The third kappa shape index (κ3) is 3.59. The van der Waals surface area contributed by atoms with Gasteiger partial charge in [-0.1, -0.05) is 17.7 Å². The molecule has 0 spiro atoms. The van der Waals surface area contributed by atoms with Crippen LogP contribution in [0.2, 0.25) is 5.02 Å². The molecule has 0 bridgehead atoms. The van der Waals surface area contributed by atoms with Crippen LogP contribution in [0.15, 0.2) is 41.6 Å². The van der Waals surface area contributed by atoms with Gasteiger partial charge in [-0.25, -0.2) is 0 Å². The average Bonchev–Trinajstić information content (AvgIpc) is 2.81. The molecule has 0 saturated carbocycles. The minimum Gasteiger partial charge on any atom is -0.350 e. The normalized spacial score (nSPS) is 10.8. The number of rotatable bonds is 3. The number of hydrogen-bond donors (Lipinski definition) is 2. The number of benzene rings is 1. The Hall–Kier alpha value is -1.85. The molecule has 1 aromatic heterocycles. The molecule has 0 aliphatic rings. The molecular formula is C14H15ClN4S. The lowest BCUT2D eigenvalue weighted by atomic mass is 10.2. The van der Waals surface area contributed by atoms with Gasteiger partial charge in [-0.3, -0.25) is 5.43 Å². The molecule has 0 fully saturated rings. The fourth-order valence-electron chi connectivity index (χ4n) is 1.66. The van der Waals surface area contributed by atoms with Crippen molar-refractivity contribution < 1.29 is 0 Å². The van der Waals surface area contributed by atoms with Crippen LogP contribution >= 0.6 is 23.8 Å². The van der Waals surface area contributed by atoms with Crippen LogP contribution in [0.1, 0.15) is 11.3 Å². The zero-order chi connectivity index (χ0) is 14.5. The first kappa shape index (κ1) is 14.6. The quantitative estimate of drug-likeness (QED) is 0.519. The molecule has 0 saturated heterocycles. The number of nitrogens with one attached hydrogen (secondary N) is 2. The molecule has 0 atom stereocenters. The van der Waals surface area contributed by atoms with Crippen molar-refractivity contribution in [3.05, 3.63) is 52.8 Å². The third-order valence-electron chi connectivity index (χ3n) is 2.86. The number of hydrazone groups is 1. The van der Waals surface area contributed by atoms with Crippen LogP contribution in [0.25, 0.3) is 0 Å². The van der Waals surface area contributed by atoms with E-state index in [9.17, 15) is 0 Å². The van der Waals surface area contributed by atoms with Crippen molar-refractivity contribution in [2.75, 3.05) is 5.32 Å². The van der Waals surface area contributed by atoms with Gasteiger partial charge in [-0.05, 0) is 49.0 Å². The standard InChI is InChI=1S/C14H15ClN4S/c1-10-12(15)6-3-7-13(10)17-14(20)18-16-9-11-5-4-8-19(11)2/h3-9H,1-2H3,(H2,17,18,20)/b16-9+. The fraction of sp³-hybridized carbons (Fsp3) is 0.143. The Balaban J connectivity index is 1.95. The number of anilines is 1. The van der Waals surface area contributed by atoms with Gasteiger partial charge in [0.15, 0.2) is 5.11 Å². The summed E-state index contributed by atoms with van der Waals surface area (Å²) >= 11 is 11.2. The summed E-state index contributed by atoms with van der Waals surface area (Å²) in [5, 5.41) is 8.27. The van der Waals surface area contributed by atoms with Crippen LogP contribution in [0.5, 0.6) is 0 Å². The zero-order valence-electron chi connectivity index (χ0n) is 11.2. The smallest absolute Gasteiger partial charge is 0.191 e. The second kappa shape index (κ2) is 6.54. The molecule has 1 aromatic carbocycles. The van der Waals surface area contributed by atoms with Gasteiger partial charge in [-0.15, -0.1) is 0 Å². The highest BCUT2D eigenvalue weighted by atomic mass is 35.5. The topological polar surface area (TPSA) is 41.4 Å². The average molecular weight is 307 g/mol. The summed E-state index contributed by atoms with van der Waals surface area (Å²) in [4.78, 5) is 0. The third-order valence-corrected chi connectivity index (χ3v) is 3.47. The molecule has 4 nitrogen and oxygen atoms in total. The van der Waals surface area contributed by atoms with E-state index in [1.165, 1.54) is 0 Å². The van der Waals surface area contributed by atoms with Crippen molar-refractivity contribution in [2.24, 2.45) is 12.1 Å². The van der Waals surface area contributed by atoms with E-state index in [2.05, 4.69) is 15.8 Å². The Labute approximate surface area is 128 Å². The number of thiocarbonyl (C=S) groups is 1. The summed E-state index contributed by atoms with van der Waals surface area (Å²) in [6, 6.07) is 9.53. The summed E-state index contributed by atoms with van der Waals surface area (Å²) in [5.74, 6) is 0. The minimum absolute atomic E-state index is 0.417. The second-order valence-electron chi connectivity index (χ2n) is 4.28. The Bertz CT molecular complexity index is 648. The van der Waals surface area contributed by atoms with Gasteiger partial charge in [0, 0.05) is 24.0 Å². The minimum atomic E-state index is 0.417. The van der Waals surface area contributed by atoms with E-state index in [-0.39, 0.29) is 0 Å². The van der Waals surface area contributed by atoms with Gasteiger partial charge in [0.2, 0.25) is 0 Å². The van der Waals surface area contributed by atoms with E-state index in [1.807, 2.05) is 55.1 Å². The largest absolute Gasteiger partial charge is 0.350 e.